The fourth-order valence-corrected chi connectivity index (χ4v) is 4.21. The number of halogens is 1. The topological polar surface area (TPSA) is 48.9 Å². The van der Waals surface area contributed by atoms with Crippen LogP contribution in [0, 0.1) is 6.92 Å². The molecule has 1 aliphatic heterocycles. The number of benzene rings is 1. The molecule has 2 aromatic rings. The second kappa shape index (κ2) is 12.5. The summed E-state index contributed by atoms with van der Waals surface area (Å²) in [5.74, 6) is 0.862. The number of guanidine groups is 1. The highest BCUT2D eigenvalue weighted by molar-refractivity contribution is 14.0. The number of nitrogens with zero attached hydrogens (tertiary/aromatic N) is 2. The zero-order chi connectivity index (χ0) is 19.8. The van der Waals surface area contributed by atoms with Gasteiger partial charge in [0.25, 0.3) is 0 Å². The molecular weight excluding hydrogens is 495 g/mol. The number of morpholine rings is 1. The largest absolute Gasteiger partial charge is 0.376 e. The molecule has 160 valence electrons. The van der Waals surface area contributed by atoms with Gasteiger partial charge < -0.3 is 15.4 Å². The molecule has 3 rings (SSSR count). The molecule has 1 atom stereocenters. The van der Waals surface area contributed by atoms with Gasteiger partial charge in [-0.05, 0) is 44.0 Å². The van der Waals surface area contributed by atoms with E-state index in [4.69, 9.17) is 9.73 Å². The van der Waals surface area contributed by atoms with Crippen LogP contribution in [0.5, 0.6) is 0 Å². The molecule has 1 fully saturated rings. The third-order valence-electron chi connectivity index (χ3n) is 4.71. The van der Waals surface area contributed by atoms with Crippen molar-refractivity contribution in [1.82, 2.24) is 15.5 Å². The molecule has 0 amide bonds. The molecule has 0 spiro atoms. The standard InChI is InChI=1S/C22H32N4OS.HI/c1-4-23-22(25-14-21-9-8-18(3)28-21)24-13-19-6-5-7-20(12-19)16-26-10-11-27-17(2)15-26;/h5-9,12,17H,4,10-11,13-16H2,1-3H3,(H2,23,24,25);1H. The Balaban J connectivity index is 0.00000300. The van der Waals surface area contributed by atoms with Gasteiger partial charge in [-0.2, -0.15) is 0 Å². The van der Waals surface area contributed by atoms with Crippen molar-refractivity contribution in [1.29, 1.82) is 0 Å². The maximum Gasteiger partial charge on any atom is 0.191 e. The Morgan fingerprint density at radius 1 is 1.24 bits per heavy atom. The average molecular weight is 529 g/mol. The quantitative estimate of drug-likeness (QED) is 0.322. The zero-order valence-corrected chi connectivity index (χ0v) is 20.8. The monoisotopic (exact) mass is 528 g/mol. The minimum absolute atomic E-state index is 0. The second-order valence-corrected chi connectivity index (χ2v) is 8.67. The summed E-state index contributed by atoms with van der Waals surface area (Å²) < 4.78 is 5.64. The number of aryl methyl sites for hydroxylation is 1. The van der Waals surface area contributed by atoms with Crippen LogP contribution in [-0.4, -0.2) is 43.2 Å². The summed E-state index contributed by atoms with van der Waals surface area (Å²) in [6, 6.07) is 13.1. The summed E-state index contributed by atoms with van der Waals surface area (Å²) in [7, 11) is 0. The van der Waals surface area contributed by atoms with Crippen LogP contribution in [-0.2, 0) is 24.4 Å². The van der Waals surface area contributed by atoms with Crippen LogP contribution in [0.1, 0.15) is 34.7 Å². The smallest absolute Gasteiger partial charge is 0.191 e. The van der Waals surface area contributed by atoms with Gasteiger partial charge in [-0.3, -0.25) is 4.90 Å². The van der Waals surface area contributed by atoms with Crippen LogP contribution in [0.4, 0.5) is 0 Å². The van der Waals surface area contributed by atoms with Gasteiger partial charge >= 0.3 is 0 Å². The third kappa shape index (κ3) is 8.24. The van der Waals surface area contributed by atoms with E-state index in [9.17, 15) is 0 Å². The molecule has 2 N–H and O–H groups in total. The number of thiophene rings is 1. The van der Waals surface area contributed by atoms with Crippen LogP contribution >= 0.6 is 35.3 Å². The van der Waals surface area contributed by atoms with E-state index in [0.29, 0.717) is 12.6 Å². The van der Waals surface area contributed by atoms with E-state index in [1.54, 1.807) is 0 Å². The normalized spacial score (nSPS) is 17.6. The lowest BCUT2D eigenvalue weighted by molar-refractivity contribution is -0.0212. The van der Waals surface area contributed by atoms with E-state index >= 15 is 0 Å². The molecule has 7 heteroatoms. The summed E-state index contributed by atoms with van der Waals surface area (Å²) >= 11 is 1.82. The lowest BCUT2D eigenvalue weighted by Gasteiger charge is -2.31. The first-order valence-corrected chi connectivity index (χ1v) is 10.9. The van der Waals surface area contributed by atoms with E-state index in [1.807, 2.05) is 11.3 Å². The van der Waals surface area contributed by atoms with E-state index in [-0.39, 0.29) is 24.0 Å². The molecule has 1 aromatic heterocycles. The molecule has 1 aliphatic rings. The summed E-state index contributed by atoms with van der Waals surface area (Å²) in [5, 5.41) is 6.77. The Hall–Kier alpha value is -1.16. The second-order valence-electron chi connectivity index (χ2n) is 7.30. The van der Waals surface area contributed by atoms with Crippen molar-refractivity contribution in [3.05, 3.63) is 57.3 Å². The average Bonchev–Trinajstić information content (AvgIpc) is 3.10. The summed E-state index contributed by atoms with van der Waals surface area (Å²) in [5.41, 5.74) is 2.58. The number of aliphatic imine (C=N–C) groups is 1. The number of ether oxygens (including phenoxy) is 1. The molecule has 0 radical (unpaired) electrons. The van der Waals surface area contributed by atoms with Gasteiger partial charge in [0.05, 0.1) is 25.8 Å². The Morgan fingerprint density at radius 3 is 2.79 bits per heavy atom. The molecule has 0 bridgehead atoms. The first kappa shape index (κ1) is 24.1. The maximum absolute atomic E-state index is 5.64. The molecule has 0 aliphatic carbocycles. The Kier molecular flexibility index (Phi) is 10.4. The Labute approximate surface area is 196 Å². The minimum Gasteiger partial charge on any atom is -0.376 e. The van der Waals surface area contributed by atoms with Crippen molar-refractivity contribution in [3.8, 4) is 0 Å². The molecular formula is C22H33IN4OS. The van der Waals surface area contributed by atoms with Crippen molar-refractivity contribution >= 4 is 41.3 Å². The van der Waals surface area contributed by atoms with Crippen LogP contribution in [0.25, 0.3) is 0 Å². The van der Waals surface area contributed by atoms with Gasteiger partial charge in [-0.25, -0.2) is 4.99 Å². The first-order valence-electron chi connectivity index (χ1n) is 10.1. The molecule has 29 heavy (non-hydrogen) atoms. The van der Waals surface area contributed by atoms with Gasteiger partial charge in [0.15, 0.2) is 5.96 Å². The molecule has 0 saturated carbocycles. The van der Waals surface area contributed by atoms with E-state index in [2.05, 4.69) is 72.7 Å². The van der Waals surface area contributed by atoms with Crippen molar-refractivity contribution in [2.45, 2.75) is 46.5 Å². The fourth-order valence-electron chi connectivity index (χ4n) is 3.38. The SMILES string of the molecule is CCNC(=NCc1cccc(CN2CCOC(C)C2)c1)NCc1ccc(C)s1.I. The third-order valence-corrected chi connectivity index (χ3v) is 5.71. The van der Waals surface area contributed by atoms with Crippen molar-refractivity contribution in [3.63, 3.8) is 0 Å². The predicted molar refractivity (Wildman–Crippen MR) is 133 cm³/mol. The maximum atomic E-state index is 5.64. The molecule has 1 unspecified atom stereocenters. The number of nitrogens with one attached hydrogen (secondary N) is 2. The van der Waals surface area contributed by atoms with E-state index < -0.39 is 0 Å². The highest BCUT2D eigenvalue weighted by Gasteiger charge is 2.16. The molecule has 1 aromatic carbocycles. The first-order chi connectivity index (χ1) is 13.6. The highest BCUT2D eigenvalue weighted by atomic mass is 127. The fraction of sp³-hybridized carbons (Fsp3) is 0.500. The predicted octanol–water partition coefficient (Wildman–Crippen LogP) is 4.15. The number of hydrogen-bond acceptors (Lipinski definition) is 4. The number of rotatable bonds is 7. The van der Waals surface area contributed by atoms with Gasteiger partial charge in [-0.1, -0.05) is 24.3 Å². The van der Waals surface area contributed by atoms with Gasteiger partial charge in [-0.15, -0.1) is 35.3 Å². The summed E-state index contributed by atoms with van der Waals surface area (Å²) in [6.07, 6.45) is 0.322. The van der Waals surface area contributed by atoms with Crippen molar-refractivity contribution in [2.24, 2.45) is 4.99 Å². The molecule has 1 saturated heterocycles. The van der Waals surface area contributed by atoms with E-state index in [1.165, 1.54) is 20.9 Å². The van der Waals surface area contributed by atoms with Gasteiger partial charge in [0, 0.05) is 35.9 Å². The Morgan fingerprint density at radius 2 is 2.07 bits per heavy atom. The summed E-state index contributed by atoms with van der Waals surface area (Å²) in [6.45, 7) is 12.5. The Bertz CT molecular complexity index is 780. The van der Waals surface area contributed by atoms with Crippen LogP contribution < -0.4 is 10.6 Å². The molecule has 2 heterocycles. The minimum atomic E-state index is 0. The van der Waals surface area contributed by atoms with Crippen LogP contribution in [0.3, 0.4) is 0 Å². The summed E-state index contributed by atoms with van der Waals surface area (Å²) in [4.78, 5) is 9.90. The van der Waals surface area contributed by atoms with Gasteiger partial charge in [0.2, 0.25) is 0 Å². The highest BCUT2D eigenvalue weighted by Crippen LogP contribution is 2.15. The number of hydrogen-bond donors (Lipinski definition) is 2. The van der Waals surface area contributed by atoms with Crippen molar-refractivity contribution in [2.75, 3.05) is 26.2 Å². The van der Waals surface area contributed by atoms with Crippen molar-refractivity contribution < 1.29 is 4.74 Å². The van der Waals surface area contributed by atoms with Crippen LogP contribution in [0.15, 0.2) is 41.4 Å². The van der Waals surface area contributed by atoms with Gasteiger partial charge in [0.1, 0.15) is 0 Å². The zero-order valence-electron chi connectivity index (χ0n) is 17.6. The lowest BCUT2D eigenvalue weighted by atomic mass is 10.1. The van der Waals surface area contributed by atoms with Crippen LogP contribution in [0.2, 0.25) is 0 Å². The molecule has 5 nitrogen and oxygen atoms in total. The lowest BCUT2D eigenvalue weighted by Crippen LogP contribution is -2.40. The van der Waals surface area contributed by atoms with E-state index in [0.717, 1.165) is 45.3 Å².